The topological polar surface area (TPSA) is 64.2 Å². The molecular weight excluding hydrogens is 264 g/mol. The maximum absolute atomic E-state index is 12.2. The Morgan fingerprint density at radius 2 is 2.00 bits per heavy atom. The first-order chi connectivity index (χ1) is 10.2. The van der Waals surface area contributed by atoms with Crippen molar-refractivity contribution < 1.29 is 0 Å². The number of nitrogens with zero attached hydrogens (tertiary/aromatic N) is 3. The van der Waals surface area contributed by atoms with Gasteiger partial charge in [-0.2, -0.15) is 5.10 Å². The van der Waals surface area contributed by atoms with Gasteiger partial charge in [-0.15, -0.1) is 0 Å². The molecule has 0 aliphatic heterocycles. The molecule has 0 atom stereocenters. The van der Waals surface area contributed by atoms with E-state index in [9.17, 15) is 4.79 Å². The summed E-state index contributed by atoms with van der Waals surface area (Å²) in [6, 6.07) is 9.48. The van der Waals surface area contributed by atoms with E-state index >= 15 is 0 Å². The minimum Gasteiger partial charge on any atom is -0.373 e. The molecule has 2 N–H and O–H groups in total. The lowest BCUT2D eigenvalue weighted by Gasteiger charge is -2.18. The number of rotatable bonds is 6. The Bertz CT molecular complexity index is 651. The third-order valence-electron chi connectivity index (χ3n) is 3.51. The van der Waals surface area contributed by atoms with Crippen LogP contribution in [-0.2, 0) is 13.1 Å². The van der Waals surface area contributed by atoms with Crippen molar-refractivity contribution in [3.63, 3.8) is 0 Å². The van der Waals surface area contributed by atoms with Crippen molar-refractivity contribution in [3.05, 3.63) is 58.0 Å². The number of nitrogens with two attached hydrogens (primary N) is 1. The van der Waals surface area contributed by atoms with Crippen LogP contribution in [0.1, 0.15) is 24.5 Å². The molecule has 0 amide bonds. The zero-order chi connectivity index (χ0) is 15.2. The fourth-order valence-electron chi connectivity index (χ4n) is 2.29. The van der Waals surface area contributed by atoms with Crippen LogP contribution in [0.4, 0.5) is 5.69 Å². The zero-order valence-corrected chi connectivity index (χ0v) is 12.6. The lowest BCUT2D eigenvalue weighted by molar-refractivity contribution is 0.633. The van der Waals surface area contributed by atoms with Gasteiger partial charge in [-0.25, -0.2) is 4.68 Å². The van der Waals surface area contributed by atoms with Crippen molar-refractivity contribution in [3.8, 4) is 0 Å². The van der Waals surface area contributed by atoms with Crippen molar-refractivity contribution in [1.29, 1.82) is 0 Å². The molecule has 1 aromatic carbocycles. The molecule has 0 saturated heterocycles. The molecule has 5 heteroatoms. The second-order valence-corrected chi connectivity index (χ2v) is 5.10. The molecule has 0 spiro atoms. The van der Waals surface area contributed by atoms with Gasteiger partial charge in [-0.05, 0) is 17.5 Å². The first kappa shape index (κ1) is 15.3. The Kier molecular flexibility index (Phi) is 5.11. The highest BCUT2D eigenvalue weighted by Gasteiger charge is 2.06. The number of hydrogen-bond acceptors (Lipinski definition) is 4. The molecular formula is C16H22N4O. The third kappa shape index (κ3) is 3.70. The Labute approximate surface area is 125 Å². The molecule has 0 fully saturated rings. The average Bonchev–Trinajstić information content (AvgIpc) is 2.50. The van der Waals surface area contributed by atoms with Crippen molar-refractivity contribution in [2.24, 2.45) is 5.73 Å². The van der Waals surface area contributed by atoms with Crippen LogP contribution in [-0.4, -0.2) is 23.4 Å². The van der Waals surface area contributed by atoms with Gasteiger partial charge in [0.25, 0.3) is 5.56 Å². The fraction of sp³-hybridized carbons (Fsp3) is 0.375. The monoisotopic (exact) mass is 286 g/mol. The first-order valence-corrected chi connectivity index (χ1v) is 7.21. The summed E-state index contributed by atoms with van der Waals surface area (Å²) in [4.78, 5) is 14.2. The van der Waals surface area contributed by atoms with Gasteiger partial charge in [0.05, 0.1) is 18.4 Å². The van der Waals surface area contributed by atoms with E-state index in [1.807, 2.05) is 36.2 Å². The highest BCUT2D eigenvalue weighted by Crippen LogP contribution is 2.10. The van der Waals surface area contributed by atoms with Gasteiger partial charge < -0.3 is 10.6 Å². The lowest BCUT2D eigenvalue weighted by atomic mass is 10.1. The minimum atomic E-state index is -0.0951. The maximum atomic E-state index is 12.2. The standard InChI is InChI=1S/C16H22N4O/c1-3-8-19(2)15-9-16(21)20(18-11-15)12-14-7-5-4-6-13(14)10-17/h4-7,9,11H,3,8,10,12,17H2,1-2H3. The normalized spacial score (nSPS) is 10.6. The molecule has 0 unspecified atom stereocenters. The van der Waals surface area contributed by atoms with Gasteiger partial charge in [0.2, 0.25) is 0 Å². The van der Waals surface area contributed by atoms with E-state index in [2.05, 4.69) is 12.0 Å². The SMILES string of the molecule is CCCN(C)c1cnn(Cc2ccccc2CN)c(=O)c1. The number of benzene rings is 1. The summed E-state index contributed by atoms with van der Waals surface area (Å²) >= 11 is 0. The number of aromatic nitrogens is 2. The lowest BCUT2D eigenvalue weighted by Crippen LogP contribution is -2.26. The van der Waals surface area contributed by atoms with Crippen LogP contribution < -0.4 is 16.2 Å². The van der Waals surface area contributed by atoms with Crippen molar-refractivity contribution in [2.75, 3.05) is 18.5 Å². The summed E-state index contributed by atoms with van der Waals surface area (Å²) in [5.41, 5.74) is 8.55. The van der Waals surface area contributed by atoms with Crippen molar-refractivity contribution >= 4 is 5.69 Å². The van der Waals surface area contributed by atoms with Gasteiger partial charge in [0, 0.05) is 26.2 Å². The van der Waals surface area contributed by atoms with E-state index in [0.717, 1.165) is 29.8 Å². The molecule has 5 nitrogen and oxygen atoms in total. The molecule has 2 aromatic rings. The van der Waals surface area contributed by atoms with E-state index in [4.69, 9.17) is 5.73 Å². The smallest absolute Gasteiger partial charge is 0.269 e. The fourth-order valence-corrected chi connectivity index (χ4v) is 2.29. The summed E-state index contributed by atoms with van der Waals surface area (Å²) in [5.74, 6) is 0. The molecule has 0 aliphatic carbocycles. The van der Waals surface area contributed by atoms with Crippen LogP contribution in [0.25, 0.3) is 0 Å². The van der Waals surface area contributed by atoms with Crippen LogP contribution in [0.5, 0.6) is 0 Å². The number of hydrogen-bond donors (Lipinski definition) is 1. The van der Waals surface area contributed by atoms with Gasteiger partial charge in [-0.3, -0.25) is 4.79 Å². The number of anilines is 1. The molecule has 0 saturated carbocycles. The molecule has 2 rings (SSSR count). The Morgan fingerprint density at radius 3 is 2.62 bits per heavy atom. The van der Waals surface area contributed by atoms with Crippen LogP contribution in [0, 0.1) is 0 Å². The van der Waals surface area contributed by atoms with Crippen molar-refractivity contribution in [1.82, 2.24) is 9.78 Å². The van der Waals surface area contributed by atoms with Gasteiger partial charge in [0.15, 0.2) is 0 Å². The van der Waals surface area contributed by atoms with Crippen LogP contribution in [0.2, 0.25) is 0 Å². The summed E-state index contributed by atoms with van der Waals surface area (Å²) in [6.45, 7) is 3.92. The largest absolute Gasteiger partial charge is 0.373 e. The highest BCUT2D eigenvalue weighted by molar-refractivity contribution is 5.41. The van der Waals surface area contributed by atoms with Gasteiger partial charge in [0.1, 0.15) is 0 Å². The molecule has 112 valence electrons. The quantitative estimate of drug-likeness (QED) is 0.876. The van der Waals surface area contributed by atoms with E-state index in [-0.39, 0.29) is 5.56 Å². The van der Waals surface area contributed by atoms with Crippen LogP contribution in [0.3, 0.4) is 0 Å². The van der Waals surface area contributed by atoms with Gasteiger partial charge in [-0.1, -0.05) is 31.2 Å². The summed E-state index contributed by atoms with van der Waals surface area (Å²) in [5, 5.41) is 4.27. The predicted octanol–water partition coefficient (Wildman–Crippen LogP) is 1.60. The summed E-state index contributed by atoms with van der Waals surface area (Å²) in [6.07, 6.45) is 2.77. The maximum Gasteiger partial charge on any atom is 0.269 e. The minimum absolute atomic E-state index is 0.0951. The Balaban J connectivity index is 2.24. The molecule has 1 aromatic heterocycles. The van der Waals surface area contributed by atoms with Crippen LogP contribution in [0.15, 0.2) is 41.3 Å². The van der Waals surface area contributed by atoms with E-state index in [1.165, 1.54) is 4.68 Å². The summed E-state index contributed by atoms with van der Waals surface area (Å²) in [7, 11) is 1.97. The Morgan fingerprint density at radius 1 is 1.29 bits per heavy atom. The Hall–Kier alpha value is -2.14. The molecule has 1 heterocycles. The average molecular weight is 286 g/mol. The zero-order valence-electron chi connectivity index (χ0n) is 12.6. The summed E-state index contributed by atoms with van der Waals surface area (Å²) < 4.78 is 1.47. The van der Waals surface area contributed by atoms with E-state index in [0.29, 0.717) is 13.1 Å². The molecule has 0 radical (unpaired) electrons. The van der Waals surface area contributed by atoms with E-state index < -0.39 is 0 Å². The molecule has 21 heavy (non-hydrogen) atoms. The van der Waals surface area contributed by atoms with Crippen molar-refractivity contribution in [2.45, 2.75) is 26.4 Å². The molecule has 0 aliphatic rings. The second kappa shape index (κ2) is 7.04. The van der Waals surface area contributed by atoms with E-state index in [1.54, 1.807) is 12.3 Å². The first-order valence-electron chi connectivity index (χ1n) is 7.21. The molecule has 0 bridgehead atoms. The predicted molar refractivity (Wildman–Crippen MR) is 85.5 cm³/mol. The third-order valence-corrected chi connectivity index (χ3v) is 3.51. The van der Waals surface area contributed by atoms with Crippen LogP contribution >= 0.6 is 0 Å². The second-order valence-electron chi connectivity index (χ2n) is 5.10. The highest BCUT2D eigenvalue weighted by atomic mass is 16.1. The van der Waals surface area contributed by atoms with Gasteiger partial charge >= 0.3 is 0 Å².